The van der Waals surface area contributed by atoms with Gasteiger partial charge in [-0.05, 0) is 19.8 Å². The molecular formula is C15H20N6OS. The van der Waals surface area contributed by atoms with E-state index in [-0.39, 0.29) is 0 Å². The van der Waals surface area contributed by atoms with Gasteiger partial charge in [0.05, 0.1) is 10.4 Å². The average molecular weight is 332 g/mol. The van der Waals surface area contributed by atoms with Gasteiger partial charge in [0.15, 0.2) is 16.6 Å². The maximum atomic E-state index is 5.40. The van der Waals surface area contributed by atoms with Crippen LogP contribution in [0.3, 0.4) is 0 Å². The first kappa shape index (κ1) is 14.6. The molecule has 0 aromatic carbocycles. The van der Waals surface area contributed by atoms with Gasteiger partial charge in [0.25, 0.3) is 0 Å². The Morgan fingerprint density at radius 1 is 1.30 bits per heavy atom. The van der Waals surface area contributed by atoms with Crippen molar-refractivity contribution in [2.75, 3.05) is 11.9 Å². The first-order valence-electron chi connectivity index (χ1n) is 8.07. The number of anilines is 1. The molecular weight excluding hydrogens is 312 g/mol. The lowest BCUT2D eigenvalue weighted by Crippen LogP contribution is -2.06. The number of hydrogen-bond acceptors (Lipinski definition) is 7. The molecule has 1 N–H and O–H groups in total. The van der Waals surface area contributed by atoms with Crippen LogP contribution in [-0.2, 0) is 13.5 Å². The maximum absolute atomic E-state index is 5.40. The van der Waals surface area contributed by atoms with E-state index < -0.39 is 0 Å². The minimum Gasteiger partial charge on any atom is -0.361 e. The Hall–Kier alpha value is -1.96. The van der Waals surface area contributed by atoms with Crippen LogP contribution in [0.1, 0.15) is 49.0 Å². The molecule has 0 unspecified atom stereocenters. The van der Waals surface area contributed by atoms with Crippen LogP contribution in [0.2, 0.25) is 0 Å². The van der Waals surface area contributed by atoms with Gasteiger partial charge in [-0.1, -0.05) is 29.3 Å². The summed E-state index contributed by atoms with van der Waals surface area (Å²) in [4.78, 5) is 9.11. The number of nitrogens with one attached hydrogen (secondary N) is 1. The molecule has 0 atom stereocenters. The van der Waals surface area contributed by atoms with E-state index in [1.54, 1.807) is 11.3 Å². The number of aryl methyl sites for hydroxylation is 2. The summed E-state index contributed by atoms with van der Waals surface area (Å²) in [5, 5.41) is 12.7. The van der Waals surface area contributed by atoms with E-state index in [0.717, 1.165) is 45.9 Å². The second kappa shape index (κ2) is 5.92. The smallest absolute Gasteiger partial charge is 0.229 e. The molecule has 1 aliphatic rings. The third-order valence-corrected chi connectivity index (χ3v) is 5.47. The van der Waals surface area contributed by atoms with Gasteiger partial charge in [0, 0.05) is 25.9 Å². The van der Waals surface area contributed by atoms with Crippen molar-refractivity contribution in [1.82, 2.24) is 24.9 Å². The molecule has 23 heavy (non-hydrogen) atoms. The first-order valence-corrected chi connectivity index (χ1v) is 8.89. The third-order valence-electron chi connectivity index (χ3n) is 4.36. The van der Waals surface area contributed by atoms with E-state index in [0.29, 0.717) is 5.92 Å². The highest BCUT2D eigenvalue weighted by molar-refractivity contribution is 7.22. The molecule has 8 heteroatoms. The average Bonchev–Trinajstić information content (AvgIpc) is 3.28. The zero-order chi connectivity index (χ0) is 15.8. The lowest BCUT2D eigenvalue weighted by Gasteiger charge is -2.00. The maximum Gasteiger partial charge on any atom is 0.229 e. The summed E-state index contributed by atoms with van der Waals surface area (Å²) in [6, 6.07) is 0. The van der Waals surface area contributed by atoms with Crippen LogP contribution in [0, 0.1) is 6.92 Å². The molecule has 3 heterocycles. The van der Waals surface area contributed by atoms with Crippen molar-refractivity contribution in [2.45, 2.75) is 44.9 Å². The van der Waals surface area contributed by atoms with E-state index in [2.05, 4.69) is 25.5 Å². The van der Waals surface area contributed by atoms with Crippen LogP contribution >= 0.6 is 11.3 Å². The highest BCUT2D eigenvalue weighted by Gasteiger charge is 2.22. The standard InChI is InChI=1S/C15H20N6OS/c1-9-12-13(21(2)19-9)18-15(23-12)16-8-7-11-17-14(22-20-11)10-5-3-4-6-10/h10H,3-8H2,1-2H3,(H,16,18). The number of rotatable bonds is 5. The van der Waals surface area contributed by atoms with Crippen LogP contribution in [0.25, 0.3) is 10.3 Å². The molecule has 3 aromatic rings. The van der Waals surface area contributed by atoms with Gasteiger partial charge in [-0.15, -0.1) is 0 Å². The zero-order valence-electron chi connectivity index (χ0n) is 13.4. The summed E-state index contributed by atoms with van der Waals surface area (Å²) in [5.74, 6) is 2.07. The van der Waals surface area contributed by atoms with Gasteiger partial charge in [-0.3, -0.25) is 0 Å². The van der Waals surface area contributed by atoms with E-state index in [9.17, 15) is 0 Å². The molecule has 0 bridgehead atoms. The lowest BCUT2D eigenvalue weighted by atomic mass is 10.1. The second-order valence-electron chi connectivity index (χ2n) is 6.09. The van der Waals surface area contributed by atoms with Crippen LogP contribution in [0.5, 0.6) is 0 Å². The number of hydrogen-bond donors (Lipinski definition) is 1. The van der Waals surface area contributed by atoms with Crippen molar-refractivity contribution in [3.63, 3.8) is 0 Å². The highest BCUT2D eigenvalue weighted by atomic mass is 32.1. The summed E-state index contributed by atoms with van der Waals surface area (Å²) in [6.07, 6.45) is 5.65. The Morgan fingerprint density at radius 2 is 2.13 bits per heavy atom. The zero-order valence-corrected chi connectivity index (χ0v) is 14.2. The molecule has 0 radical (unpaired) electrons. The quantitative estimate of drug-likeness (QED) is 0.773. The van der Waals surface area contributed by atoms with Crippen molar-refractivity contribution < 1.29 is 4.52 Å². The number of aromatic nitrogens is 5. The van der Waals surface area contributed by atoms with Gasteiger partial charge in [-0.25, -0.2) is 9.67 Å². The molecule has 1 fully saturated rings. The summed E-state index contributed by atoms with van der Waals surface area (Å²) in [7, 11) is 1.92. The molecule has 122 valence electrons. The number of fused-ring (bicyclic) bond motifs is 1. The minimum absolute atomic E-state index is 0.476. The van der Waals surface area contributed by atoms with Gasteiger partial charge >= 0.3 is 0 Å². The lowest BCUT2D eigenvalue weighted by molar-refractivity contribution is 0.350. The topological polar surface area (TPSA) is 81.7 Å². The van der Waals surface area contributed by atoms with Crippen LogP contribution in [-0.4, -0.2) is 31.4 Å². The Kier molecular flexibility index (Phi) is 3.76. The molecule has 0 spiro atoms. The van der Waals surface area contributed by atoms with Crippen molar-refractivity contribution in [1.29, 1.82) is 0 Å². The summed E-state index contributed by atoms with van der Waals surface area (Å²) in [5.41, 5.74) is 1.95. The summed E-state index contributed by atoms with van der Waals surface area (Å²) in [6.45, 7) is 2.75. The Bertz CT molecular complexity index is 779. The van der Waals surface area contributed by atoms with Crippen LogP contribution in [0.4, 0.5) is 5.13 Å². The molecule has 0 amide bonds. The molecule has 3 aromatic heterocycles. The van der Waals surface area contributed by atoms with Gasteiger partial charge in [0.1, 0.15) is 0 Å². The van der Waals surface area contributed by atoms with E-state index in [4.69, 9.17) is 4.52 Å². The Balaban J connectivity index is 1.36. The number of nitrogens with zero attached hydrogens (tertiary/aromatic N) is 5. The van der Waals surface area contributed by atoms with Crippen molar-refractivity contribution in [3.05, 3.63) is 17.4 Å². The van der Waals surface area contributed by atoms with Crippen molar-refractivity contribution >= 4 is 26.8 Å². The number of thiazole rings is 1. The summed E-state index contributed by atoms with van der Waals surface area (Å²) >= 11 is 1.64. The van der Waals surface area contributed by atoms with E-state index in [1.807, 2.05) is 18.7 Å². The summed E-state index contributed by atoms with van der Waals surface area (Å²) < 4.78 is 8.36. The molecule has 1 aliphatic carbocycles. The normalized spacial score (nSPS) is 15.7. The van der Waals surface area contributed by atoms with Gasteiger partial charge in [0.2, 0.25) is 5.89 Å². The fourth-order valence-electron chi connectivity index (χ4n) is 3.15. The van der Waals surface area contributed by atoms with Crippen molar-refractivity contribution in [2.24, 2.45) is 7.05 Å². The van der Waals surface area contributed by atoms with Crippen LogP contribution in [0.15, 0.2) is 4.52 Å². The molecule has 0 aliphatic heterocycles. The van der Waals surface area contributed by atoms with E-state index in [1.165, 1.54) is 25.7 Å². The monoisotopic (exact) mass is 332 g/mol. The van der Waals surface area contributed by atoms with Gasteiger partial charge < -0.3 is 9.84 Å². The largest absolute Gasteiger partial charge is 0.361 e. The minimum atomic E-state index is 0.476. The van der Waals surface area contributed by atoms with Crippen LogP contribution < -0.4 is 5.32 Å². The Morgan fingerprint density at radius 3 is 2.91 bits per heavy atom. The highest BCUT2D eigenvalue weighted by Crippen LogP contribution is 2.33. The first-order chi connectivity index (χ1) is 11.2. The predicted molar refractivity (Wildman–Crippen MR) is 88.8 cm³/mol. The SMILES string of the molecule is Cc1nn(C)c2nc(NCCc3noc(C4CCCC4)n3)sc12. The van der Waals surface area contributed by atoms with Gasteiger partial charge in [-0.2, -0.15) is 10.1 Å². The fraction of sp³-hybridized carbons (Fsp3) is 0.600. The fourth-order valence-corrected chi connectivity index (χ4v) is 4.11. The molecule has 0 saturated heterocycles. The predicted octanol–water partition coefficient (Wildman–Crippen LogP) is 3.03. The van der Waals surface area contributed by atoms with E-state index >= 15 is 0 Å². The van der Waals surface area contributed by atoms with Crippen molar-refractivity contribution in [3.8, 4) is 0 Å². The molecule has 7 nitrogen and oxygen atoms in total. The second-order valence-corrected chi connectivity index (χ2v) is 7.09. The third kappa shape index (κ3) is 2.83. The molecule has 4 rings (SSSR count). The molecule has 1 saturated carbocycles. The Labute approximate surface area is 138 Å².